The molecule has 0 spiro atoms. The van der Waals surface area contributed by atoms with Crippen molar-refractivity contribution >= 4 is 65.2 Å². The van der Waals surface area contributed by atoms with Crippen molar-refractivity contribution in [3.05, 3.63) is 65.7 Å². The summed E-state index contributed by atoms with van der Waals surface area (Å²) in [6.45, 7) is 9.26. The maximum absolute atomic E-state index is 14.3. The van der Waals surface area contributed by atoms with Crippen molar-refractivity contribution in [2.45, 2.75) is 154 Å². The van der Waals surface area contributed by atoms with Gasteiger partial charge in [-0.25, -0.2) is 4.79 Å². The Balaban J connectivity index is 2.34. The quantitative estimate of drug-likeness (QED) is 0.0380. The molecule has 2 aromatic rings. The number of unbranched alkanes of at least 4 members (excludes halogenated alkanes) is 1. The van der Waals surface area contributed by atoms with Gasteiger partial charge < -0.3 is 74.4 Å². The maximum atomic E-state index is 14.3. The number of nitrogens with one attached hydrogen (secondary N) is 8. The van der Waals surface area contributed by atoms with Crippen LogP contribution in [0.2, 0.25) is 0 Å². The van der Waals surface area contributed by atoms with Crippen LogP contribution in [0, 0.1) is 17.8 Å². The largest absolute Gasteiger partial charge is 0.508 e. The number of hydrogen-bond acceptors (Lipinski definition) is 14. The number of carbonyl (C=O) groups excluding carboxylic acids is 8. The summed E-state index contributed by atoms with van der Waals surface area (Å²) < 4.78 is 0. The molecule has 25 nitrogen and oxygen atoms in total. The Morgan fingerprint density at radius 2 is 0.974 bits per heavy atom. The molecule has 0 aliphatic heterocycles. The Morgan fingerprint density at radius 3 is 1.49 bits per heavy atom. The molecule has 0 fully saturated rings. The summed E-state index contributed by atoms with van der Waals surface area (Å²) in [6, 6.07) is 3.82. The molecule has 25 heteroatoms. The monoisotopic (exact) mass is 1080 g/mol. The molecule has 0 saturated carbocycles. The lowest BCUT2D eigenvalue weighted by Gasteiger charge is -2.29. The summed E-state index contributed by atoms with van der Waals surface area (Å²) in [5, 5.41) is 58.3. The van der Waals surface area contributed by atoms with Crippen LogP contribution in [-0.2, 0) is 65.6 Å². The summed E-state index contributed by atoms with van der Waals surface area (Å²) in [5.41, 5.74) is 13.1. The van der Waals surface area contributed by atoms with Crippen molar-refractivity contribution in [3.8, 4) is 5.75 Å². The number of carboxylic acid groups (broad SMARTS) is 3. The van der Waals surface area contributed by atoms with E-state index in [-0.39, 0.29) is 31.6 Å². The molecule has 77 heavy (non-hydrogen) atoms. The molecule has 0 aliphatic rings. The number of phenols is 1. The Kier molecular flexibility index (Phi) is 28.4. The zero-order valence-corrected chi connectivity index (χ0v) is 44.5. The van der Waals surface area contributed by atoms with Crippen molar-refractivity contribution in [1.82, 2.24) is 42.5 Å². The van der Waals surface area contributed by atoms with Crippen LogP contribution in [0.25, 0.3) is 0 Å². The number of hydrogen-bond donors (Lipinski definition) is 14. The highest BCUT2D eigenvalue weighted by molar-refractivity contribution is 5.98. The van der Waals surface area contributed by atoms with Crippen LogP contribution < -0.4 is 54.0 Å². The zero-order chi connectivity index (χ0) is 57.9. The molecule has 0 unspecified atom stereocenters. The number of carbonyl (C=O) groups is 11. The molecule has 0 aromatic heterocycles. The van der Waals surface area contributed by atoms with Crippen LogP contribution in [0.1, 0.15) is 104 Å². The van der Waals surface area contributed by atoms with Gasteiger partial charge in [0.25, 0.3) is 0 Å². The van der Waals surface area contributed by atoms with Crippen molar-refractivity contribution in [2.24, 2.45) is 29.2 Å². The topological polar surface area (TPSA) is 417 Å². The molecule has 0 radical (unpaired) electrons. The summed E-state index contributed by atoms with van der Waals surface area (Å²) in [7, 11) is 0. The number of rotatable bonds is 35. The molecule has 2 rings (SSSR count). The maximum Gasteiger partial charge on any atom is 0.326 e. The first-order valence-corrected chi connectivity index (χ1v) is 25.6. The first-order chi connectivity index (χ1) is 36.3. The highest BCUT2D eigenvalue weighted by Crippen LogP contribution is 2.15. The van der Waals surface area contributed by atoms with E-state index in [2.05, 4.69) is 42.5 Å². The standard InChI is InChI=1S/C52H78N10O15/c1-7-30(6)44(60-39(64)27-55-46(70)36(20-22-40(65)66)57-49(73)42(28(2)3)61-45(69)34(54)25-31-13-9-8-10-14-31)51(75)59-38(26-32-16-18-33(63)19-17-32)48(72)56-35(15-11-12-24-53)47(71)62-43(29(4)5)50(74)58-37(52(76)77)21-23-41(67)68/h8-10,13-14,16-19,28-30,34-38,42-44,63H,7,11-12,15,20-27,53-54H2,1-6H3,(H,55,70)(H,56,72)(H,57,73)(H,58,74)(H,59,75)(H,60,64)(H,61,69)(H,62,71)(H,65,66)(H,67,68)(H,76,77)/t30-,34-,35-,36-,37-,38-,42-,43-,44-/m0/s1. The van der Waals surface area contributed by atoms with Gasteiger partial charge in [0.2, 0.25) is 47.3 Å². The fourth-order valence-corrected chi connectivity index (χ4v) is 7.72. The predicted molar refractivity (Wildman–Crippen MR) is 280 cm³/mol. The van der Waals surface area contributed by atoms with Gasteiger partial charge in [0.1, 0.15) is 48.0 Å². The molecule has 9 atom stereocenters. The Hall–Kier alpha value is -7.67. The second-order valence-corrected chi connectivity index (χ2v) is 19.5. The lowest BCUT2D eigenvalue weighted by atomic mass is 9.97. The molecule has 2 aromatic carbocycles. The minimum Gasteiger partial charge on any atom is -0.508 e. The first kappa shape index (κ1) is 65.4. The average Bonchev–Trinajstić information content (AvgIpc) is 3.37. The first-order valence-electron chi connectivity index (χ1n) is 25.6. The summed E-state index contributed by atoms with van der Waals surface area (Å²) in [5.74, 6) is -12.7. The van der Waals surface area contributed by atoms with E-state index >= 15 is 0 Å². The van der Waals surface area contributed by atoms with Gasteiger partial charge in [0.15, 0.2) is 0 Å². The van der Waals surface area contributed by atoms with E-state index in [1.807, 2.05) is 0 Å². The van der Waals surface area contributed by atoms with Gasteiger partial charge in [0.05, 0.1) is 12.6 Å². The number of phenolic OH excluding ortho intramolecular Hbond substituents is 1. The SMILES string of the molecule is CC[C@H](C)[C@H](NC(=O)CNC(=O)[C@H](CCC(=O)O)NC(=O)[C@@H](NC(=O)[C@@H](N)Cc1ccccc1)C(C)C)C(=O)N[C@@H](Cc1ccc(O)cc1)C(=O)N[C@@H](CCCCN)C(=O)N[C@H](C(=O)N[C@@H](CCC(=O)O)C(=O)O)C(C)C. The van der Waals surface area contributed by atoms with Gasteiger partial charge in [-0.2, -0.15) is 0 Å². The van der Waals surface area contributed by atoms with Crippen LogP contribution in [-0.4, -0.2) is 147 Å². The van der Waals surface area contributed by atoms with Gasteiger partial charge in [-0.3, -0.25) is 47.9 Å². The van der Waals surface area contributed by atoms with Gasteiger partial charge >= 0.3 is 17.9 Å². The Labute approximate surface area is 447 Å². The van der Waals surface area contributed by atoms with Crippen LogP contribution in [0.3, 0.4) is 0 Å². The van der Waals surface area contributed by atoms with E-state index in [0.29, 0.717) is 24.8 Å². The summed E-state index contributed by atoms with van der Waals surface area (Å²) in [6.07, 6.45) is -0.973. The molecule has 16 N–H and O–H groups in total. The minimum absolute atomic E-state index is 0.00562. The van der Waals surface area contributed by atoms with Gasteiger partial charge in [-0.15, -0.1) is 0 Å². The minimum atomic E-state index is -1.59. The summed E-state index contributed by atoms with van der Waals surface area (Å²) in [4.78, 5) is 144. The van der Waals surface area contributed by atoms with Crippen LogP contribution in [0.15, 0.2) is 54.6 Å². The smallest absolute Gasteiger partial charge is 0.326 e. The number of aliphatic carboxylic acids is 3. The van der Waals surface area contributed by atoms with Crippen LogP contribution in [0.4, 0.5) is 0 Å². The van der Waals surface area contributed by atoms with E-state index in [0.717, 1.165) is 5.56 Å². The average molecular weight is 1080 g/mol. The third kappa shape index (κ3) is 23.8. The molecule has 0 bridgehead atoms. The fourth-order valence-electron chi connectivity index (χ4n) is 7.72. The third-order valence-electron chi connectivity index (χ3n) is 12.5. The third-order valence-corrected chi connectivity index (χ3v) is 12.5. The van der Waals surface area contributed by atoms with Gasteiger partial charge in [0, 0.05) is 19.3 Å². The Bertz CT molecular complexity index is 2320. The molecular formula is C52H78N10O15. The molecular weight excluding hydrogens is 1000 g/mol. The second-order valence-electron chi connectivity index (χ2n) is 19.5. The van der Waals surface area contributed by atoms with E-state index in [4.69, 9.17) is 16.6 Å². The fraction of sp³-hybridized carbons (Fsp3) is 0.558. The summed E-state index contributed by atoms with van der Waals surface area (Å²) >= 11 is 0. The van der Waals surface area contributed by atoms with E-state index in [1.54, 1.807) is 71.9 Å². The van der Waals surface area contributed by atoms with Gasteiger partial charge in [-0.1, -0.05) is 90.4 Å². The second kappa shape index (κ2) is 33.4. The molecule has 0 aliphatic carbocycles. The highest BCUT2D eigenvalue weighted by atomic mass is 16.4. The van der Waals surface area contributed by atoms with Crippen molar-refractivity contribution < 1.29 is 73.2 Å². The highest BCUT2D eigenvalue weighted by Gasteiger charge is 2.36. The lowest BCUT2D eigenvalue weighted by Crippen LogP contribution is -2.60. The van der Waals surface area contributed by atoms with E-state index in [1.165, 1.54) is 24.3 Å². The normalized spacial score (nSPS) is 14.6. The van der Waals surface area contributed by atoms with E-state index < -0.39 is 163 Å². The number of carboxylic acids is 3. The molecule has 8 amide bonds. The van der Waals surface area contributed by atoms with Crippen molar-refractivity contribution in [3.63, 3.8) is 0 Å². The number of aromatic hydroxyl groups is 1. The zero-order valence-electron chi connectivity index (χ0n) is 44.5. The Morgan fingerprint density at radius 1 is 0.506 bits per heavy atom. The van der Waals surface area contributed by atoms with Crippen molar-refractivity contribution in [1.29, 1.82) is 0 Å². The number of benzene rings is 2. The van der Waals surface area contributed by atoms with Crippen LogP contribution in [0.5, 0.6) is 5.75 Å². The van der Waals surface area contributed by atoms with Crippen molar-refractivity contribution in [2.75, 3.05) is 13.1 Å². The molecule has 0 heterocycles. The lowest BCUT2D eigenvalue weighted by molar-refractivity contribution is -0.144. The van der Waals surface area contributed by atoms with Crippen LogP contribution >= 0.6 is 0 Å². The molecule has 426 valence electrons. The molecule has 0 saturated heterocycles. The van der Waals surface area contributed by atoms with E-state index in [9.17, 15) is 68.1 Å². The predicted octanol–water partition coefficient (Wildman–Crippen LogP) is -0.684. The van der Waals surface area contributed by atoms with Gasteiger partial charge in [-0.05, 0) is 86.1 Å². The number of amides is 8. The number of nitrogens with two attached hydrogens (primary N) is 2.